The van der Waals surface area contributed by atoms with Gasteiger partial charge in [0, 0.05) is 24.7 Å². The first kappa shape index (κ1) is 16.8. The molecule has 3 rings (SSSR count). The van der Waals surface area contributed by atoms with E-state index in [2.05, 4.69) is 10.2 Å². The molecule has 2 atom stereocenters. The Labute approximate surface area is 141 Å². The number of carbonyl (C=O) groups excluding carboxylic acids is 1. The van der Waals surface area contributed by atoms with Crippen molar-refractivity contribution >= 4 is 5.91 Å². The molecule has 2 aromatic rings. The molecule has 0 radical (unpaired) electrons. The van der Waals surface area contributed by atoms with E-state index in [1.165, 1.54) is 0 Å². The number of aromatic nitrogens is 2. The molecule has 0 spiro atoms. The van der Waals surface area contributed by atoms with Crippen molar-refractivity contribution in [2.75, 3.05) is 6.54 Å². The Kier molecular flexibility index (Phi) is 5.35. The minimum atomic E-state index is -0.675. The Morgan fingerprint density at radius 1 is 1.50 bits per heavy atom. The predicted octanol–water partition coefficient (Wildman–Crippen LogP) is 2.75. The molecule has 1 fully saturated rings. The smallest absolute Gasteiger partial charge is 0.228 e. The van der Waals surface area contributed by atoms with Crippen molar-refractivity contribution in [2.24, 2.45) is 0 Å². The van der Waals surface area contributed by atoms with Gasteiger partial charge in [-0.2, -0.15) is 5.10 Å². The number of amides is 1. The third kappa shape index (κ3) is 4.06. The van der Waals surface area contributed by atoms with Gasteiger partial charge in [0.2, 0.25) is 5.91 Å². The summed E-state index contributed by atoms with van der Waals surface area (Å²) in [7, 11) is 0. The van der Waals surface area contributed by atoms with Crippen LogP contribution in [0.2, 0.25) is 0 Å². The van der Waals surface area contributed by atoms with Gasteiger partial charge in [-0.3, -0.25) is 9.89 Å². The van der Waals surface area contributed by atoms with Gasteiger partial charge in [-0.1, -0.05) is 12.8 Å². The second-order valence-corrected chi connectivity index (χ2v) is 6.58. The van der Waals surface area contributed by atoms with E-state index in [9.17, 15) is 9.90 Å². The molecule has 2 aromatic heterocycles. The highest BCUT2D eigenvalue weighted by Crippen LogP contribution is 2.27. The number of H-pyrrole nitrogens is 1. The zero-order valence-corrected chi connectivity index (χ0v) is 14.1. The zero-order chi connectivity index (χ0) is 16.9. The Balaban J connectivity index is 1.68. The van der Waals surface area contributed by atoms with Crippen molar-refractivity contribution in [2.45, 2.75) is 57.6 Å². The second-order valence-electron chi connectivity index (χ2n) is 6.58. The predicted molar refractivity (Wildman–Crippen MR) is 89.3 cm³/mol. The lowest BCUT2D eigenvalue weighted by atomic mass is 10.0. The summed E-state index contributed by atoms with van der Waals surface area (Å²) in [5, 5.41) is 17.4. The molecule has 0 bridgehead atoms. The molecule has 1 aliphatic rings. The van der Waals surface area contributed by atoms with Crippen LogP contribution in [0.25, 0.3) is 0 Å². The van der Waals surface area contributed by atoms with E-state index in [1.54, 1.807) is 18.4 Å². The minimum absolute atomic E-state index is 0.0418. The lowest BCUT2D eigenvalue weighted by molar-refractivity contribution is -0.133. The van der Waals surface area contributed by atoms with Crippen LogP contribution in [0, 0.1) is 6.92 Å². The zero-order valence-electron chi connectivity index (χ0n) is 14.1. The summed E-state index contributed by atoms with van der Waals surface area (Å²) in [6.07, 6.45) is 5.85. The molecule has 0 unspecified atom stereocenters. The standard InChI is InChI=1S/C18H25N3O3/c1-13-10-14(20-19-13)11-18(23)21-8-4-2-3-6-15(21)12-16(22)17-7-5-9-24-17/h5,7,9-10,15-16,22H,2-4,6,8,11-12H2,1H3,(H,19,20)/t15-,16+/m0/s1. The summed E-state index contributed by atoms with van der Waals surface area (Å²) < 4.78 is 5.29. The molecular formula is C18H25N3O3. The molecule has 6 heteroatoms. The van der Waals surface area contributed by atoms with Crippen LogP contribution in [0.3, 0.4) is 0 Å². The maximum atomic E-state index is 12.8. The SMILES string of the molecule is Cc1cc(CC(=O)N2CCCCC[C@H]2C[C@@H](O)c2ccco2)n[nH]1. The van der Waals surface area contributed by atoms with E-state index in [0.29, 0.717) is 18.6 Å². The summed E-state index contributed by atoms with van der Waals surface area (Å²) in [4.78, 5) is 14.7. The summed E-state index contributed by atoms with van der Waals surface area (Å²) >= 11 is 0. The van der Waals surface area contributed by atoms with E-state index in [4.69, 9.17) is 4.42 Å². The maximum Gasteiger partial charge on any atom is 0.228 e. The number of aliphatic hydroxyl groups excluding tert-OH is 1. The van der Waals surface area contributed by atoms with Crippen molar-refractivity contribution < 1.29 is 14.3 Å². The minimum Gasteiger partial charge on any atom is -0.467 e. The number of likely N-dealkylation sites (tertiary alicyclic amines) is 1. The quantitative estimate of drug-likeness (QED) is 0.882. The average molecular weight is 331 g/mol. The Bertz CT molecular complexity index is 650. The number of aryl methyl sites for hydroxylation is 1. The number of hydrogen-bond donors (Lipinski definition) is 2. The summed E-state index contributed by atoms with van der Waals surface area (Å²) in [6, 6.07) is 5.50. The first-order valence-electron chi connectivity index (χ1n) is 8.65. The molecule has 0 saturated carbocycles. The number of carbonyl (C=O) groups is 1. The number of nitrogens with zero attached hydrogens (tertiary/aromatic N) is 2. The van der Waals surface area contributed by atoms with Crippen molar-refractivity contribution in [1.82, 2.24) is 15.1 Å². The molecule has 2 N–H and O–H groups in total. The van der Waals surface area contributed by atoms with E-state index >= 15 is 0 Å². The number of furan rings is 1. The van der Waals surface area contributed by atoms with Crippen LogP contribution in [0.4, 0.5) is 0 Å². The third-order valence-electron chi connectivity index (χ3n) is 4.66. The number of aliphatic hydroxyl groups is 1. The highest BCUT2D eigenvalue weighted by molar-refractivity contribution is 5.78. The lowest BCUT2D eigenvalue weighted by Gasteiger charge is -2.31. The molecule has 0 aliphatic carbocycles. The van der Waals surface area contributed by atoms with Gasteiger partial charge in [0.1, 0.15) is 11.9 Å². The summed E-state index contributed by atoms with van der Waals surface area (Å²) in [5.74, 6) is 0.648. The number of hydrogen-bond acceptors (Lipinski definition) is 4. The lowest BCUT2D eigenvalue weighted by Crippen LogP contribution is -2.41. The fourth-order valence-corrected chi connectivity index (χ4v) is 3.43. The van der Waals surface area contributed by atoms with Gasteiger partial charge in [-0.15, -0.1) is 0 Å². The van der Waals surface area contributed by atoms with E-state index in [1.807, 2.05) is 17.9 Å². The molecule has 130 valence electrons. The molecule has 3 heterocycles. The number of aromatic amines is 1. The van der Waals surface area contributed by atoms with E-state index in [-0.39, 0.29) is 11.9 Å². The second kappa shape index (κ2) is 7.66. The first-order chi connectivity index (χ1) is 11.6. The van der Waals surface area contributed by atoms with Gasteiger partial charge in [-0.25, -0.2) is 0 Å². The van der Waals surface area contributed by atoms with Crippen molar-refractivity contribution in [3.8, 4) is 0 Å². The fraction of sp³-hybridized carbons (Fsp3) is 0.556. The maximum absolute atomic E-state index is 12.8. The fourth-order valence-electron chi connectivity index (χ4n) is 3.43. The molecule has 1 amide bonds. The Morgan fingerprint density at radius 2 is 2.38 bits per heavy atom. The van der Waals surface area contributed by atoms with Crippen LogP contribution >= 0.6 is 0 Å². The first-order valence-corrected chi connectivity index (χ1v) is 8.65. The van der Waals surface area contributed by atoms with Gasteiger partial charge in [0.15, 0.2) is 0 Å². The van der Waals surface area contributed by atoms with Gasteiger partial charge in [0.05, 0.1) is 18.4 Å². The number of rotatable bonds is 5. The van der Waals surface area contributed by atoms with Crippen molar-refractivity contribution in [1.29, 1.82) is 0 Å². The highest BCUT2D eigenvalue weighted by atomic mass is 16.4. The molecule has 24 heavy (non-hydrogen) atoms. The van der Waals surface area contributed by atoms with E-state index in [0.717, 1.165) is 43.6 Å². The average Bonchev–Trinajstić information content (AvgIpc) is 3.16. The molecule has 1 saturated heterocycles. The summed E-state index contributed by atoms with van der Waals surface area (Å²) in [6.45, 7) is 2.67. The Morgan fingerprint density at radius 3 is 3.08 bits per heavy atom. The topological polar surface area (TPSA) is 82.4 Å². The monoisotopic (exact) mass is 331 g/mol. The Hall–Kier alpha value is -2.08. The van der Waals surface area contributed by atoms with Crippen LogP contribution in [-0.4, -0.2) is 38.7 Å². The van der Waals surface area contributed by atoms with Gasteiger partial charge in [0.25, 0.3) is 0 Å². The molecule has 6 nitrogen and oxygen atoms in total. The number of nitrogens with one attached hydrogen (secondary N) is 1. The van der Waals surface area contributed by atoms with Gasteiger partial charge < -0.3 is 14.4 Å². The van der Waals surface area contributed by atoms with E-state index < -0.39 is 6.10 Å². The molecular weight excluding hydrogens is 306 g/mol. The highest BCUT2D eigenvalue weighted by Gasteiger charge is 2.28. The van der Waals surface area contributed by atoms with Crippen molar-refractivity contribution in [3.05, 3.63) is 41.6 Å². The van der Waals surface area contributed by atoms with Crippen LogP contribution in [0.15, 0.2) is 28.9 Å². The summed E-state index contributed by atoms with van der Waals surface area (Å²) in [5.41, 5.74) is 1.73. The largest absolute Gasteiger partial charge is 0.467 e. The van der Waals surface area contributed by atoms with Gasteiger partial charge in [-0.05, 0) is 38.0 Å². The van der Waals surface area contributed by atoms with Crippen molar-refractivity contribution in [3.63, 3.8) is 0 Å². The molecule has 0 aromatic carbocycles. The molecule has 1 aliphatic heterocycles. The third-order valence-corrected chi connectivity index (χ3v) is 4.66. The van der Waals surface area contributed by atoms with Crippen LogP contribution in [0.5, 0.6) is 0 Å². The van der Waals surface area contributed by atoms with Crippen LogP contribution in [0.1, 0.15) is 55.4 Å². The van der Waals surface area contributed by atoms with Gasteiger partial charge >= 0.3 is 0 Å². The van der Waals surface area contributed by atoms with Crippen LogP contribution < -0.4 is 0 Å². The van der Waals surface area contributed by atoms with Crippen LogP contribution in [-0.2, 0) is 11.2 Å². The normalized spacial score (nSPS) is 19.9.